The molecule has 9 heteroatoms. The van der Waals surface area contributed by atoms with E-state index in [1.807, 2.05) is 0 Å². The number of imide groups is 1. The van der Waals surface area contributed by atoms with Gasteiger partial charge < -0.3 is 15.4 Å². The molecule has 0 aliphatic carbocycles. The number of nitrogens with one attached hydrogen (secondary N) is 2. The summed E-state index contributed by atoms with van der Waals surface area (Å²) in [4.78, 5) is 24.6. The van der Waals surface area contributed by atoms with Crippen LogP contribution in [0.2, 0.25) is 0 Å². The fraction of sp³-hybridized carbons (Fsp3) is 0.429. The molecule has 3 amide bonds. The molecule has 1 saturated heterocycles. The van der Waals surface area contributed by atoms with Crippen molar-refractivity contribution < 1.29 is 27.5 Å². The number of carbonyl (C=O) groups excluding carboxylic acids is 2. The molecule has 1 atom stereocenters. The number of hydrogen-bond donors (Lipinski definition) is 2. The summed E-state index contributed by atoms with van der Waals surface area (Å²) in [7, 11) is 0. The summed E-state index contributed by atoms with van der Waals surface area (Å²) in [6, 6.07) is 4.65. The average Bonchev–Trinajstić information content (AvgIpc) is 2.91. The molecule has 0 aromatic heterocycles. The minimum absolute atomic E-state index is 0.0748. The van der Waals surface area contributed by atoms with Crippen LogP contribution in [0.3, 0.4) is 0 Å². The summed E-state index contributed by atoms with van der Waals surface area (Å²) in [5.41, 5.74) is 0.532. The van der Waals surface area contributed by atoms with E-state index >= 15 is 0 Å². The zero-order valence-electron chi connectivity index (χ0n) is 12.3. The standard InChI is InChI=1S/C14H16F3N3O3/c1-9(12(21)20-7-6-18-13(20)22)19-10-2-4-11(5-3-10)23-8-14(15,16)17/h2-5,9,19H,6-8H2,1H3,(H,18,22)/t9-/m0/s1. The van der Waals surface area contributed by atoms with Gasteiger partial charge in [-0.15, -0.1) is 0 Å². The van der Waals surface area contributed by atoms with Gasteiger partial charge in [-0.2, -0.15) is 13.2 Å². The van der Waals surface area contributed by atoms with Crippen LogP contribution < -0.4 is 15.4 Å². The Morgan fingerprint density at radius 2 is 2.04 bits per heavy atom. The first kappa shape index (κ1) is 16.9. The SMILES string of the molecule is C[C@H](Nc1ccc(OCC(F)(F)F)cc1)C(=O)N1CCNC1=O. The molecule has 1 heterocycles. The van der Waals surface area contributed by atoms with Crippen molar-refractivity contribution in [3.05, 3.63) is 24.3 Å². The van der Waals surface area contributed by atoms with Gasteiger partial charge in [-0.05, 0) is 31.2 Å². The number of hydrogen-bond acceptors (Lipinski definition) is 4. The van der Waals surface area contributed by atoms with E-state index in [9.17, 15) is 22.8 Å². The third kappa shape index (κ3) is 4.76. The van der Waals surface area contributed by atoms with Crippen LogP contribution in [0.25, 0.3) is 0 Å². The predicted octanol–water partition coefficient (Wildman–Crippen LogP) is 1.98. The molecule has 0 unspecified atom stereocenters. The molecular weight excluding hydrogens is 315 g/mol. The molecule has 1 aliphatic rings. The van der Waals surface area contributed by atoms with Gasteiger partial charge in [-0.1, -0.05) is 0 Å². The van der Waals surface area contributed by atoms with E-state index in [2.05, 4.69) is 15.4 Å². The number of benzene rings is 1. The van der Waals surface area contributed by atoms with Gasteiger partial charge in [0.2, 0.25) is 0 Å². The Balaban J connectivity index is 1.90. The van der Waals surface area contributed by atoms with Gasteiger partial charge in [0.05, 0.1) is 0 Å². The van der Waals surface area contributed by atoms with Gasteiger partial charge in [0.15, 0.2) is 6.61 Å². The Hall–Kier alpha value is -2.45. The van der Waals surface area contributed by atoms with Gasteiger partial charge in [-0.25, -0.2) is 4.79 Å². The fourth-order valence-electron chi connectivity index (χ4n) is 2.04. The van der Waals surface area contributed by atoms with Crippen LogP contribution in [0.4, 0.5) is 23.7 Å². The third-order valence-electron chi connectivity index (χ3n) is 3.13. The maximum atomic E-state index is 12.1. The number of urea groups is 1. The van der Waals surface area contributed by atoms with Gasteiger partial charge in [0, 0.05) is 18.8 Å². The summed E-state index contributed by atoms with van der Waals surface area (Å²) in [5, 5.41) is 5.42. The Bertz CT molecular complexity index is 575. The predicted molar refractivity (Wildman–Crippen MR) is 76.2 cm³/mol. The topological polar surface area (TPSA) is 70.7 Å². The number of rotatable bonds is 5. The van der Waals surface area contributed by atoms with E-state index in [1.165, 1.54) is 24.3 Å². The second-order valence-electron chi connectivity index (χ2n) is 5.02. The van der Waals surface area contributed by atoms with Crippen molar-refractivity contribution >= 4 is 17.6 Å². The Kier molecular flexibility index (Phi) is 4.97. The van der Waals surface area contributed by atoms with Crippen LogP contribution in [0.15, 0.2) is 24.3 Å². The van der Waals surface area contributed by atoms with Crippen molar-refractivity contribution in [1.82, 2.24) is 10.2 Å². The minimum Gasteiger partial charge on any atom is -0.484 e. The number of nitrogens with zero attached hydrogens (tertiary/aromatic N) is 1. The molecule has 1 fully saturated rings. The number of carbonyl (C=O) groups is 2. The van der Waals surface area contributed by atoms with Crippen LogP contribution >= 0.6 is 0 Å². The largest absolute Gasteiger partial charge is 0.484 e. The van der Waals surface area contributed by atoms with E-state index in [-0.39, 0.29) is 11.7 Å². The van der Waals surface area contributed by atoms with E-state index in [0.717, 1.165) is 4.90 Å². The maximum Gasteiger partial charge on any atom is 0.422 e. The van der Waals surface area contributed by atoms with Crippen molar-refractivity contribution in [1.29, 1.82) is 0 Å². The lowest BCUT2D eigenvalue weighted by Crippen LogP contribution is -2.43. The highest BCUT2D eigenvalue weighted by Crippen LogP contribution is 2.20. The first-order valence-corrected chi connectivity index (χ1v) is 6.91. The molecule has 1 aliphatic heterocycles. The molecular formula is C14H16F3N3O3. The highest BCUT2D eigenvalue weighted by atomic mass is 19.4. The Morgan fingerprint density at radius 1 is 1.39 bits per heavy atom. The van der Waals surface area contributed by atoms with Gasteiger partial charge in [0.1, 0.15) is 11.8 Å². The summed E-state index contributed by atoms with van der Waals surface area (Å²) in [6.07, 6.45) is -4.39. The summed E-state index contributed by atoms with van der Waals surface area (Å²) < 4.78 is 40.7. The number of halogens is 3. The van der Waals surface area contributed by atoms with Crippen molar-refractivity contribution in [2.75, 3.05) is 25.0 Å². The molecule has 0 spiro atoms. The monoisotopic (exact) mass is 331 g/mol. The van der Waals surface area contributed by atoms with Gasteiger partial charge in [-0.3, -0.25) is 9.69 Å². The van der Waals surface area contributed by atoms with Crippen LogP contribution in [0.1, 0.15) is 6.92 Å². The first-order valence-electron chi connectivity index (χ1n) is 6.91. The van der Waals surface area contributed by atoms with Crippen LogP contribution in [0, 0.1) is 0 Å². The highest BCUT2D eigenvalue weighted by molar-refractivity contribution is 5.99. The lowest BCUT2D eigenvalue weighted by Gasteiger charge is -2.20. The summed E-state index contributed by atoms with van der Waals surface area (Å²) >= 11 is 0. The summed E-state index contributed by atoms with van der Waals surface area (Å²) in [5.74, 6) is -0.303. The van der Waals surface area contributed by atoms with Crippen molar-refractivity contribution in [3.63, 3.8) is 0 Å². The van der Waals surface area contributed by atoms with Gasteiger partial charge >= 0.3 is 12.2 Å². The molecule has 1 aromatic carbocycles. The molecule has 6 nitrogen and oxygen atoms in total. The van der Waals surface area contributed by atoms with Gasteiger partial charge in [0.25, 0.3) is 5.91 Å². The lowest BCUT2D eigenvalue weighted by molar-refractivity contribution is -0.153. The van der Waals surface area contributed by atoms with E-state index in [0.29, 0.717) is 18.8 Å². The smallest absolute Gasteiger partial charge is 0.422 e. The maximum absolute atomic E-state index is 12.1. The molecule has 23 heavy (non-hydrogen) atoms. The quantitative estimate of drug-likeness (QED) is 0.865. The number of amides is 3. The van der Waals surface area contributed by atoms with Crippen molar-refractivity contribution in [2.24, 2.45) is 0 Å². The molecule has 1 aromatic rings. The molecule has 2 N–H and O–H groups in total. The fourth-order valence-corrected chi connectivity index (χ4v) is 2.04. The minimum atomic E-state index is -4.39. The molecule has 0 bridgehead atoms. The molecule has 2 rings (SSSR count). The number of anilines is 1. The molecule has 126 valence electrons. The summed E-state index contributed by atoms with van der Waals surface area (Å²) in [6.45, 7) is 0.969. The van der Waals surface area contributed by atoms with Crippen molar-refractivity contribution in [2.45, 2.75) is 19.1 Å². The van der Waals surface area contributed by atoms with E-state index in [1.54, 1.807) is 6.92 Å². The van der Waals surface area contributed by atoms with E-state index in [4.69, 9.17) is 0 Å². The van der Waals surface area contributed by atoms with Crippen LogP contribution in [-0.2, 0) is 4.79 Å². The Morgan fingerprint density at radius 3 is 2.57 bits per heavy atom. The zero-order chi connectivity index (χ0) is 17.0. The van der Waals surface area contributed by atoms with E-state index < -0.39 is 24.9 Å². The number of ether oxygens (including phenoxy) is 1. The first-order chi connectivity index (χ1) is 10.8. The second kappa shape index (κ2) is 6.76. The number of alkyl halides is 3. The zero-order valence-corrected chi connectivity index (χ0v) is 12.3. The average molecular weight is 331 g/mol. The molecule has 0 saturated carbocycles. The third-order valence-corrected chi connectivity index (χ3v) is 3.13. The Labute approximate surface area is 130 Å². The molecule has 0 radical (unpaired) electrons. The lowest BCUT2D eigenvalue weighted by atomic mass is 10.2. The van der Waals surface area contributed by atoms with Crippen LogP contribution in [-0.4, -0.2) is 48.8 Å². The highest BCUT2D eigenvalue weighted by Gasteiger charge is 2.30. The normalized spacial score (nSPS) is 16.0. The second-order valence-corrected chi connectivity index (χ2v) is 5.02. The van der Waals surface area contributed by atoms with Crippen LogP contribution in [0.5, 0.6) is 5.75 Å². The van der Waals surface area contributed by atoms with Crippen molar-refractivity contribution in [3.8, 4) is 5.75 Å².